The van der Waals surface area contributed by atoms with Crippen LogP contribution in [-0.4, -0.2) is 31.4 Å². The molecule has 0 radical (unpaired) electrons. The molecule has 0 fully saturated rings. The molecule has 0 aliphatic rings. The molecule has 152 valence electrons. The first-order valence-corrected chi connectivity index (χ1v) is 9.05. The van der Waals surface area contributed by atoms with Gasteiger partial charge in [0.15, 0.2) is 5.76 Å². The highest BCUT2D eigenvalue weighted by atomic mass is 19.4. The van der Waals surface area contributed by atoms with Crippen LogP contribution in [0.2, 0.25) is 0 Å². The summed E-state index contributed by atoms with van der Waals surface area (Å²) in [6.07, 6.45) is -3.54. The maximum Gasteiger partial charge on any atom is 0.416 e. The Morgan fingerprint density at radius 2 is 1.76 bits per heavy atom. The smallest absolute Gasteiger partial charge is 0.416 e. The number of rotatable bonds is 6. The fourth-order valence-electron chi connectivity index (χ4n) is 2.76. The monoisotopic (exact) mass is 402 g/mol. The van der Waals surface area contributed by atoms with Crippen molar-refractivity contribution in [3.8, 4) is 11.3 Å². The number of likely N-dealkylation sites (N-methyl/N-ethyl adjacent to an activating group) is 1. The molecule has 29 heavy (non-hydrogen) atoms. The van der Waals surface area contributed by atoms with Gasteiger partial charge in [0.25, 0.3) is 5.91 Å². The number of nitrogens with one attached hydrogen (secondary N) is 1. The van der Waals surface area contributed by atoms with Crippen LogP contribution in [-0.2, 0) is 12.6 Å². The van der Waals surface area contributed by atoms with Crippen molar-refractivity contribution < 1.29 is 22.4 Å². The third-order valence-electron chi connectivity index (χ3n) is 4.36. The third-order valence-corrected chi connectivity index (χ3v) is 4.36. The van der Waals surface area contributed by atoms with E-state index in [9.17, 15) is 18.0 Å². The predicted octanol–water partition coefficient (Wildman–Crippen LogP) is 5.32. The molecule has 3 aromatic rings. The van der Waals surface area contributed by atoms with E-state index in [0.717, 1.165) is 30.7 Å². The summed E-state index contributed by atoms with van der Waals surface area (Å²) in [6, 6.07) is 15.2. The van der Waals surface area contributed by atoms with Crippen molar-refractivity contribution in [2.75, 3.05) is 26.0 Å². The zero-order valence-electron chi connectivity index (χ0n) is 16.1. The summed E-state index contributed by atoms with van der Waals surface area (Å²) in [5, 5.41) is 2.73. The number of carbonyl (C=O) groups excluding carboxylic acids is 1. The van der Waals surface area contributed by atoms with Crippen LogP contribution in [0.3, 0.4) is 0 Å². The van der Waals surface area contributed by atoms with Gasteiger partial charge in [-0.3, -0.25) is 4.79 Å². The van der Waals surface area contributed by atoms with Crippen LogP contribution >= 0.6 is 0 Å². The van der Waals surface area contributed by atoms with Crippen LogP contribution in [0.4, 0.5) is 18.9 Å². The molecular weight excluding hydrogens is 381 g/mol. The van der Waals surface area contributed by atoms with Gasteiger partial charge in [0, 0.05) is 17.8 Å². The minimum absolute atomic E-state index is 0.0223. The van der Waals surface area contributed by atoms with E-state index in [-0.39, 0.29) is 17.1 Å². The quantitative estimate of drug-likeness (QED) is 0.607. The molecule has 1 amide bonds. The molecule has 0 saturated carbocycles. The molecule has 0 aliphatic carbocycles. The molecule has 2 aromatic carbocycles. The normalized spacial score (nSPS) is 11.7. The van der Waals surface area contributed by atoms with E-state index in [0.29, 0.717) is 5.69 Å². The summed E-state index contributed by atoms with van der Waals surface area (Å²) in [6.45, 7) is 0.927. The van der Waals surface area contributed by atoms with Gasteiger partial charge in [-0.05, 0) is 62.5 Å². The molecular formula is C22H21F3N2O2. The van der Waals surface area contributed by atoms with E-state index in [1.165, 1.54) is 24.3 Å². The number of furan rings is 1. The lowest BCUT2D eigenvalue weighted by Crippen LogP contribution is -2.15. The fourth-order valence-corrected chi connectivity index (χ4v) is 2.76. The molecule has 3 rings (SSSR count). The number of nitrogens with zero attached hydrogens (tertiary/aromatic N) is 1. The van der Waals surface area contributed by atoms with Crippen molar-refractivity contribution >= 4 is 11.6 Å². The summed E-state index contributed by atoms with van der Waals surface area (Å²) in [7, 11) is 4.01. The second-order valence-electron chi connectivity index (χ2n) is 6.95. The van der Waals surface area contributed by atoms with Crippen LogP contribution < -0.4 is 5.32 Å². The molecule has 0 aliphatic heterocycles. The lowest BCUT2D eigenvalue weighted by molar-refractivity contribution is -0.137. The standard InChI is InChI=1S/C22H21F3N2O2/c1-27(2)13-12-15-6-8-18(9-7-15)26-21(28)20-11-10-19(29-20)16-4-3-5-17(14-16)22(23,24)25/h3-11,14H,12-13H2,1-2H3,(H,26,28). The first kappa shape index (κ1) is 20.7. The zero-order chi connectivity index (χ0) is 21.0. The molecule has 1 heterocycles. The number of carbonyl (C=O) groups is 1. The first-order chi connectivity index (χ1) is 13.7. The van der Waals surface area contributed by atoms with E-state index in [1.54, 1.807) is 12.1 Å². The summed E-state index contributed by atoms with van der Waals surface area (Å²) >= 11 is 0. The van der Waals surface area contributed by atoms with Crippen LogP contribution in [0.1, 0.15) is 21.7 Å². The van der Waals surface area contributed by atoms with Gasteiger partial charge in [-0.1, -0.05) is 24.3 Å². The lowest BCUT2D eigenvalue weighted by Gasteiger charge is -2.10. The van der Waals surface area contributed by atoms with Crippen molar-refractivity contribution in [3.05, 3.63) is 77.6 Å². The van der Waals surface area contributed by atoms with Gasteiger partial charge in [0.05, 0.1) is 5.56 Å². The Balaban J connectivity index is 1.68. The number of alkyl halides is 3. The number of halogens is 3. The van der Waals surface area contributed by atoms with Crippen LogP contribution in [0, 0.1) is 0 Å². The van der Waals surface area contributed by atoms with E-state index in [4.69, 9.17) is 4.42 Å². The highest BCUT2D eigenvalue weighted by Crippen LogP contribution is 2.32. The minimum Gasteiger partial charge on any atom is -0.451 e. The van der Waals surface area contributed by atoms with Crippen LogP contribution in [0.25, 0.3) is 11.3 Å². The SMILES string of the molecule is CN(C)CCc1ccc(NC(=O)c2ccc(-c3cccc(C(F)(F)F)c3)o2)cc1. The largest absolute Gasteiger partial charge is 0.451 e. The lowest BCUT2D eigenvalue weighted by atomic mass is 10.1. The van der Waals surface area contributed by atoms with Gasteiger partial charge in [-0.2, -0.15) is 13.2 Å². The van der Waals surface area contributed by atoms with E-state index in [1.807, 2.05) is 26.2 Å². The van der Waals surface area contributed by atoms with Gasteiger partial charge >= 0.3 is 6.18 Å². The molecule has 0 spiro atoms. The van der Waals surface area contributed by atoms with Crippen molar-refractivity contribution in [1.29, 1.82) is 0 Å². The highest BCUT2D eigenvalue weighted by Gasteiger charge is 2.30. The summed E-state index contributed by atoms with van der Waals surface area (Å²) in [5.74, 6) is -0.251. The molecule has 4 nitrogen and oxygen atoms in total. The second-order valence-corrected chi connectivity index (χ2v) is 6.95. The number of hydrogen-bond donors (Lipinski definition) is 1. The van der Waals surface area contributed by atoms with Crippen LogP contribution in [0.15, 0.2) is 65.1 Å². The topological polar surface area (TPSA) is 45.5 Å². The Morgan fingerprint density at radius 1 is 1.03 bits per heavy atom. The van der Waals surface area contributed by atoms with Crippen molar-refractivity contribution in [3.63, 3.8) is 0 Å². The first-order valence-electron chi connectivity index (χ1n) is 9.05. The maximum absolute atomic E-state index is 12.9. The van der Waals surface area contributed by atoms with Crippen LogP contribution in [0.5, 0.6) is 0 Å². The molecule has 1 aromatic heterocycles. The Hall–Kier alpha value is -3.06. The Bertz CT molecular complexity index is 976. The Labute approximate surface area is 166 Å². The molecule has 0 saturated heterocycles. The molecule has 0 atom stereocenters. The Morgan fingerprint density at radius 3 is 2.41 bits per heavy atom. The molecule has 1 N–H and O–H groups in total. The number of benzene rings is 2. The average molecular weight is 402 g/mol. The van der Waals surface area contributed by atoms with Gasteiger partial charge in [0.2, 0.25) is 0 Å². The molecule has 0 bridgehead atoms. The summed E-state index contributed by atoms with van der Waals surface area (Å²) in [5.41, 5.74) is 1.25. The van der Waals surface area contributed by atoms with Gasteiger partial charge < -0.3 is 14.6 Å². The molecule has 0 unspecified atom stereocenters. The third kappa shape index (κ3) is 5.48. The van der Waals surface area contributed by atoms with Crippen molar-refractivity contribution in [2.24, 2.45) is 0 Å². The van der Waals surface area contributed by atoms with Gasteiger partial charge in [-0.15, -0.1) is 0 Å². The number of anilines is 1. The predicted molar refractivity (Wildman–Crippen MR) is 106 cm³/mol. The summed E-state index contributed by atoms with van der Waals surface area (Å²) in [4.78, 5) is 14.5. The number of hydrogen-bond acceptors (Lipinski definition) is 3. The summed E-state index contributed by atoms with van der Waals surface area (Å²) < 4.78 is 44.1. The molecule has 7 heteroatoms. The van der Waals surface area contributed by atoms with E-state index >= 15 is 0 Å². The highest BCUT2D eigenvalue weighted by molar-refractivity contribution is 6.02. The second kappa shape index (κ2) is 8.53. The van der Waals surface area contributed by atoms with E-state index < -0.39 is 17.6 Å². The minimum atomic E-state index is -4.44. The average Bonchev–Trinajstić information content (AvgIpc) is 3.17. The maximum atomic E-state index is 12.9. The van der Waals surface area contributed by atoms with Gasteiger partial charge in [0.1, 0.15) is 5.76 Å². The van der Waals surface area contributed by atoms with Gasteiger partial charge in [-0.25, -0.2) is 0 Å². The zero-order valence-corrected chi connectivity index (χ0v) is 16.1. The fraction of sp³-hybridized carbons (Fsp3) is 0.227. The number of amides is 1. The Kier molecular flexibility index (Phi) is 6.08. The van der Waals surface area contributed by atoms with E-state index in [2.05, 4.69) is 10.2 Å². The van der Waals surface area contributed by atoms with Crippen molar-refractivity contribution in [1.82, 2.24) is 4.90 Å². The van der Waals surface area contributed by atoms with Crippen molar-refractivity contribution in [2.45, 2.75) is 12.6 Å².